The second-order valence-electron chi connectivity index (χ2n) is 6.07. The number of aryl methyl sites for hydroxylation is 1. The van der Waals surface area contributed by atoms with Crippen LogP contribution in [0.15, 0.2) is 52.9 Å². The lowest BCUT2D eigenvalue weighted by molar-refractivity contribution is 0.102. The van der Waals surface area contributed by atoms with Gasteiger partial charge in [-0.2, -0.15) is 8.42 Å². The Morgan fingerprint density at radius 2 is 1.93 bits per heavy atom. The second-order valence-corrected chi connectivity index (χ2v) is 9.08. The molecule has 0 saturated carbocycles. The molecular weight excluding hydrogens is 412 g/mol. The molecule has 3 aromatic rings. The number of amides is 1. The van der Waals surface area contributed by atoms with Crippen LogP contribution in [0, 0.1) is 6.92 Å². The van der Waals surface area contributed by atoms with Gasteiger partial charge in [-0.05, 0) is 49.7 Å². The van der Waals surface area contributed by atoms with Gasteiger partial charge in [-0.25, -0.2) is 0 Å². The minimum absolute atomic E-state index is 0.0942. The number of aromatic nitrogens is 2. The number of nitrogens with one attached hydrogen (secondary N) is 1. The number of nitrogens with zero attached hydrogens (tertiary/aromatic N) is 3. The number of anilines is 2. The van der Waals surface area contributed by atoms with Gasteiger partial charge in [0.1, 0.15) is 5.75 Å². The molecule has 0 aliphatic carbocycles. The number of hydrogen-bond acceptors (Lipinski definition) is 7. The van der Waals surface area contributed by atoms with Gasteiger partial charge >= 0.3 is 0 Å². The second kappa shape index (κ2) is 8.58. The van der Waals surface area contributed by atoms with Crippen molar-refractivity contribution in [3.8, 4) is 5.75 Å². The first-order valence-electron chi connectivity index (χ1n) is 8.73. The molecule has 1 N–H and O–H groups in total. The molecule has 29 heavy (non-hydrogen) atoms. The van der Waals surface area contributed by atoms with Crippen LogP contribution in [0.4, 0.5) is 10.8 Å². The van der Waals surface area contributed by atoms with Crippen molar-refractivity contribution in [1.82, 2.24) is 10.2 Å². The molecule has 0 fully saturated rings. The molecule has 0 aliphatic rings. The predicted molar refractivity (Wildman–Crippen MR) is 112 cm³/mol. The molecule has 0 atom stereocenters. The summed E-state index contributed by atoms with van der Waals surface area (Å²) in [5.41, 5.74) is 1.85. The molecule has 2 aromatic carbocycles. The van der Waals surface area contributed by atoms with E-state index in [1.54, 1.807) is 49.4 Å². The molecule has 1 amide bonds. The summed E-state index contributed by atoms with van der Waals surface area (Å²) in [6.07, 6.45) is 0. The Morgan fingerprint density at radius 1 is 1.17 bits per heavy atom. The molecule has 0 spiro atoms. The van der Waals surface area contributed by atoms with Gasteiger partial charge in [-0.15, -0.1) is 10.2 Å². The van der Waals surface area contributed by atoms with Crippen LogP contribution in [-0.2, 0) is 10.0 Å². The van der Waals surface area contributed by atoms with E-state index in [1.165, 1.54) is 11.4 Å². The third-order valence-corrected chi connectivity index (χ3v) is 7.13. The summed E-state index contributed by atoms with van der Waals surface area (Å²) in [5, 5.41) is 10.3. The van der Waals surface area contributed by atoms with E-state index in [4.69, 9.17) is 4.74 Å². The molecule has 1 aromatic heterocycles. The number of methoxy groups -OCH3 is 1. The molecule has 10 heteroatoms. The van der Waals surface area contributed by atoms with Gasteiger partial charge in [0.25, 0.3) is 20.3 Å². The maximum atomic E-state index is 13.0. The van der Waals surface area contributed by atoms with Crippen LogP contribution < -0.4 is 14.4 Å². The van der Waals surface area contributed by atoms with Crippen LogP contribution in [0.1, 0.15) is 22.8 Å². The van der Waals surface area contributed by atoms with Gasteiger partial charge in [0.05, 0.1) is 12.8 Å². The van der Waals surface area contributed by atoms with Crippen LogP contribution >= 0.6 is 11.3 Å². The maximum absolute atomic E-state index is 13.0. The highest BCUT2D eigenvalue weighted by Gasteiger charge is 2.28. The number of sulfonamides is 1. The molecule has 1 heterocycles. The van der Waals surface area contributed by atoms with Crippen molar-refractivity contribution in [2.45, 2.75) is 18.2 Å². The molecule has 0 aliphatic heterocycles. The number of ether oxygens (including phenoxy) is 1. The van der Waals surface area contributed by atoms with E-state index in [2.05, 4.69) is 15.5 Å². The average molecular weight is 433 g/mol. The van der Waals surface area contributed by atoms with Crippen LogP contribution in [0.3, 0.4) is 0 Å². The zero-order valence-corrected chi connectivity index (χ0v) is 17.8. The summed E-state index contributed by atoms with van der Waals surface area (Å²) in [6, 6.07) is 13.8. The Hall–Kier alpha value is -2.98. The topological polar surface area (TPSA) is 101 Å². The number of carbonyl (C=O) groups excluding carboxylic acids is 1. The highest BCUT2D eigenvalue weighted by Crippen LogP contribution is 2.28. The monoisotopic (exact) mass is 432 g/mol. The quantitative estimate of drug-likeness (QED) is 0.575. The molecule has 0 unspecified atom stereocenters. The standard InChI is InChI=1S/C19H20N4O4S2/c1-4-23(15-9-5-7-13(2)11-15)29(25,26)19-22-21-18(28-19)20-17(24)14-8-6-10-16(12-14)27-3/h5-12H,4H2,1-3H3,(H,20,21,24). The van der Waals surface area contributed by atoms with Gasteiger partial charge in [-0.1, -0.05) is 29.5 Å². The van der Waals surface area contributed by atoms with Crippen molar-refractivity contribution in [3.05, 3.63) is 59.7 Å². The molecule has 0 bridgehead atoms. The third-order valence-electron chi connectivity index (χ3n) is 4.05. The summed E-state index contributed by atoms with van der Waals surface area (Å²) in [4.78, 5) is 12.4. The summed E-state index contributed by atoms with van der Waals surface area (Å²) in [7, 11) is -2.40. The Labute approximate surface area is 173 Å². The fourth-order valence-electron chi connectivity index (χ4n) is 2.67. The molecular formula is C19H20N4O4S2. The summed E-state index contributed by atoms with van der Waals surface area (Å²) in [5.74, 6) is 0.102. The Balaban J connectivity index is 1.83. The summed E-state index contributed by atoms with van der Waals surface area (Å²) < 4.78 is 32.2. The summed E-state index contributed by atoms with van der Waals surface area (Å²) >= 11 is 0.800. The number of hydrogen-bond donors (Lipinski definition) is 1. The van der Waals surface area contributed by atoms with E-state index in [9.17, 15) is 13.2 Å². The van der Waals surface area contributed by atoms with E-state index >= 15 is 0 Å². The van der Waals surface area contributed by atoms with Gasteiger partial charge in [0.15, 0.2) is 0 Å². The van der Waals surface area contributed by atoms with E-state index < -0.39 is 15.9 Å². The average Bonchev–Trinajstić information content (AvgIpc) is 3.18. The van der Waals surface area contributed by atoms with Crippen molar-refractivity contribution in [2.24, 2.45) is 0 Å². The van der Waals surface area contributed by atoms with Crippen LogP contribution in [-0.4, -0.2) is 38.2 Å². The first-order chi connectivity index (χ1) is 13.8. The van der Waals surface area contributed by atoms with Gasteiger partial charge < -0.3 is 4.74 Å². The van der Waals surface area contributed by atoms with Crippen LogP contribution in [0.25, 0.3) is 0 Å². The van der Waals surface area contributed by atoms with Gasteiger partial charge in [0.2, 0.25) is 5.13 Å². The first-order valence-corrected chi connectivity index (χ1v) is 11.0. The largest absolute Gasteiger partial charge is 0.497 e. The van der Waals surface area contributed by atoms with Crippen molar-refractivity contribution in [2.75, 3.05) is 23.3 Å². The van der Waals surface area contributed by atoms with Crippen molar-refractivity contribution in [3.63, 3.8) is 0 Å². The molecule has 8 nitrogen and oxygen atoms in total. The Bertz CT molecular complexity index is 1130. The fraction of sp³-hybridized carbons (Fsp3) is 0.211. The maximum Gasteiger partial charge on any atom is 0.293 e. The Kier molecular flexibility index (Phi) is 6.14. The van der Waals surface area contributed by atoms with Gasteiger partial charge in [-0.3, -0.25) is 14.4 Å². The van der Waals surface area contributed by atoms with E-state index in [0.29, 0.717) is 17.0 Å². The normalized spacial score (nSPS) is 11.1. The Morgan fingerprint density at radius 3 is 2.62 bits per heavy atom. The number of benzene rings is 2. The van der Waals surface area contributed by atoms with Crippen molar-refractivity contribution >= 4 is 38.1 Å². The molecule has 0 radical (unpaired) electrons. The minimum Gasteiger partial charge on any atom is -0.497 e. The zero-order chi connectivity index (χ0) is 21.0. The van der Waals surface area contributed by atoms with E-state index in [1.807, 2.05) is 13.0 Å². The highest BCUT2D eigenvalue weighted by molar-refractivity contribution is 7.94. The van der Waals surface area contributed by atoms with Gasteiger partial charge in [0, 0.05) is 12.1 Å². The number of carbonyl (C=O) groups is 1. The SMILES string of the molecule is CCN(c1cccc(C)c1)S(=O)(=O)c1nnc(NC(=O)c2cccc(OC)c2)s1. The fourth-order valence-corrected chi connectivity index (χ4v) is 5.13. The summed E-state index contributed by atoms with van der Waals surface area (Å²) in [6.45, 7) is 3.87. The molecule has 152 valence electrons. The predicted octanol–water partition coefficient (Wildman–Crippen LogP) is 3.32. The third kappa shape index (κ3) is 4.54. The lowest BCUT2D eigenvalue weighted by Gasteiger charge is -2.21. The van der Waals surface area contributed by atoms with Crippen molar-refractivity contribution in [1.29, 1.82) is 0 Å². The molecule has 3 rings (SSSR count). The smallest absolute Gasteiger partial charge is 0.293 e. The van der Waals surface area contributed by atoms with E-state index in [-0.39, 0.29) is 16.0 Å². The first kappa shape index (κ1) is 20.7. The highest BCUT2D eigenvalue weighted by atomic mass is 32.2. The van der Waals surface area contributed by atoms with E-state index in [0.717, 1.165) is 16.9 Å². The van der Waals surface area contributed by atoms with Crippen LogP contribution in [0.5, 0.6) is 5.75 Å². The molecule has 0 saturated heterocycles. The number of rotatable bonds is 7. The van der Waals surface area contributed by atoms with Crippen LogP contribution in [0.2, 0.25) is 0 Å². The van der Waals surface area contributed by atoms with Crippen molar-refractivity contribution < 1.29 is 17.9 Å². The lowest BCUT2D eigenvalue weighted by atomic mass is 10.2. The minimum atomic E-state index is -3.90. The zero-order valence-electron chi connectivity index (χ0n) is 16.1. The lowest BCUT2D eigenvalue weighted by Crippen LogP contribution is -2.30.